The molecule has 10 heteroatoms. The van der Waals surface area contributed by atoms with Crippen molar-refractivity contribution in [3.63, 3.8) is 0 Å². The van der Waals surface area contributed by atoms with Crippen LogP contribution in [0.1, 0.15) is 21.7 Å². The number of aromatic nitrogens is 3. The van der Waals surface area contributed by atoms with Crippen molar-refractivity contribution in [3.05, 3.63) is 41.2 Å². The topological polar surface area (TPSA) is 110 Å². The molecule has 1 heterocycles. The van der Waals surface area contributed by atoms with Crippen molar-refractivity contribution in [2.24, 2.45) is 0 Å². The summed E-state index contributed by atoms with van der Waals surface area (Å²) in [5, 5.41) is 7.64. The monoisotopic (exact) mass is 355 g/mol. The van der Waals surface area contributed by atoms with Crippen molar-refractivity contribution < 1.29 is 26.9 Å². The molecule has 0 aliphatic carbocycles. The molecule has 9 nitrogen and oxygen atoms in total. The number of esters is 1. The number of rotatable bonds is 7. The Morgan fingerprint density at radius 3 is 2.42 bits per heavy atom. The lowest BCUT2D eigenvalue weighted by Gasteiger charge is -2.08. The molecule has 0 amide bonds. The van der Waals surface area contributed by atoms with E-state index in [-0.39, 0.29) is 24.5 Å². The molecular weight excluding hydrogens is 338 g/mol. The number of nitrogens with zero attached hydrogens (tertiary/aromatic N) is 3. The molecule has 0 unspecified atom stereocenters. The molecule has 0 spiro atoms. The molecule has 2 aromatic rings. The number of hydrogen-bond acceptors (Lipinski definition) is 8. The van der Waals surface area contributed by atoms with E-state index in [1.807, 2.05) is 12.1 Å². The van der Waals surface area contributed by atoms with E-state index in [4.69, 9.17) is 8.92 Å². The van der Waals surface area contributed by atoms with Crippen LogP contribution in [0.25, 0.3) is 0 Å². The predicted octanol–water partition coefficient (Wildman–Crippen LogP) is 0.598. The molecule has 0 atom stereocenters. The summed E-state index contributed by atoms with van der Waals surface area (Å²) in [7, 11) is -0.920. The van der Waals surface area contributed by atoms with Crippen molar-refractivity contribution in [1.82, 2.24) is 15.0 Å². The van der Waals surface area contributed by atoms with Gasteiger partial charge in [0.15, 0.2) is 5.69 Å². The van der Waals surface area contributed by atoms with Crippen molar-refractivity contribution >= 4 is 16.1 Å². The maximum absolute atomic E-state index is 11.7. The van der Waals surface area contributed by atoms with Crippen LogP contribution < -0.4 is 4.74 Å². The first-order valence-corrected chi connectivity index (χ1v) is 8.63. The quantitative estimate of drug-likeness (QED) is 0.524. The summed E-state index contributed by atoms with van der Waals surface area (Å²) < 4.78 is 38.3. The molecule has 0 bridgehead atoms. The first kappa shape index (κ1) is 17.9. The molecule has 0 N–H and O–H groups in total. The molecule has 0 fully saturated rings. The van der Waals surface area contributed by atoms with Gasteiger partial charge in [0.2, 0.25) is 0 Å². The Hall–Kier alpha value is -2.46. The van der Waals surface area contributed by atoms with Gasteiger partial charge in [0, 0.05) is 0 Å². The van der Waals surface area contributed by atoms with Crippen LogP contribution in [0.3, 0.4) is 0 Å². The van der Waals surface area contributed by atoms with Gasteiger partial charge in [-0.3, -0.25) is 4.18 Å². The Balaban J connectivity index is 2.30. The Labute approximate surface area is 139 Å². The zero-order chi connectivity index (χ0) is 17.7. The summed E-state index contributed by atoms with van der Waals surface area (Å²) in [6.45, 7) is -0.0944. The fourth-order valence-corrected chi connectivity index (χ4v) is 2.25. The third kappa shape index (κ3) is 4.52. The number of carbonyl (C=O) groups is 1. The minimum atomic E-state index is -3.69. The molecule has 130 valence electrons. The number of ether oxygens (including phenoxy) is 2. The fourth-order valence-electron chi connectivity index (χ4n) is 1.92. The molecule has 0 saturated carbocycles. The van der Waals surface area contributed by atoms with E-state index < -0.39 is 16.1 Å². The average Bonchev–Trinajstić information content (AvgIpc) is 2.95. The van der Waals surface area contributed by atoms with Gasteiger partial charge in [0.1, 0.15) is 18.1 Å². The van der Waals surface area contributed by atoms with E-state index in [1.165, 1.54) is 11.8 Å². The van der Waals surface area contributed by atoms with Crippen molar-refractivity contribution in [1.29, 1.82) is 0 Å². The van der Waals surface area contributed by atoms with Crippen LogP contribution in [-0.4, -0.2) is 49.9 Å². The molecule has 0 aliphatic heterocycles. The van der Waals surface area contributed by atoms with Gasteiger partial charge in [-0.2, -0.15) is 8.42 Å². The summed E-state index contributed by atoms with van der Waals surface area (Å²) in [5.74, 6) is -0.0173. The van der Waals surface area contributed by atoms with Crippen LogP contribution >= 0.6 is 0 Å². The lowest BCUT2D eigenvalue weighted by molar-refractivity contribution is 0.0590. The Kier molecular flexibility index (Phi) is 5.52. The normalized spacial score (nSPS) is 11.3. The second-order valence-corrected chi connectivity index (χ2v) is 6.49. The van der Waals surface area contributed by atoms with Gasteiger partial charge in [-0.25, -0.2) is 9.48 Å². The highest BCUT2D eigenvalue weighted by molar-refractivity contribution is 7.85. The summed E-state index contributed by atoms with van der Waals surface area (Å²) in [5.41, 5.74) is 0.982. The lowest BCUT2D eigenvalue weighted by atomic mass is 10.2. The minimum absolute atomic E-state index is 0.0883. The zero-order valence-corrected chi connectivity index (χ0v) is 14.2. The SMILES string of the molecule is COC(=O)c1nnn(Cc2ccc(OC)cc2)c1COS(C)(=O)=O. The van der Waals surface area contributed by atoms with Gasteiger partial charge >= 0.3 is 5.97 Å². The van der Waals surface area contributed by atoms with Crippen LogP contribution in [0, 0.1) is 0 Å². The number of benzene rings is 1. The Morgan fingerprint density at radius 1 is 1.21 bits per heavy atom. The Morgan fingerprint density at radius 2 is 1.88 bits per heavy atom. The van der Waals surface area contributed by atoms with E-state index in [2.05, 4.69) is 15.0 Å². The maximum Gasteiger partial charge on any atom is 0.360 e. The molecule has 2 rings (SSSR count). The molecular formula is C14H17N3O6S. The molecule has 0 saturated heterocycles. The minimum Gasteiger partial charge on any atom is -0.497 e. The number of carbonyl (C=O) groups excluding carboxylic acids is 1. The second kappa shape index (κ2) is 7.41. The fraction of sp³-hybridized carbons (Fsp3) is 0.357. The van der Waals surface area contributed by atoms with Gasteiger partial charge in [0.25, 0.3) is 10.1 Å². The lowest BCUT2D eigenvalue weighted by Crippen LogP contribution is -2.14. The van der Waals surface area contributed by atoms with Gasteiger partial charge in [-0.1, -0.05) is 17.3 Å². The van der Waals surface area contributed by atoms with E-state index in [0.29, 0.717) is 5.75 Å². The van der Waals surface area contributed by atoms with E-state index >= 15 is 0 Å². The highest BCUT2D eigenvalue weighted by atomic mass is 32.2. The molecule has 1 aromatic heterocycles. The number of hydrogen-bond donors (Lipinski definition) is 0. The van der Waals surface area contributed by atoms with Crippen molar-refractivity contribution in [2.45, 2.75) is 13.2 Å². The smallest absolute Gasteiger partial charge is 0.360 e. The highest BCUT2D eigenvalue weighted by Gasteiger charge is 2.22. The van der Waals surface area contributed by atoms with Crippen molar-refractivity contribution in [2.75, 3.05) is 20.5 Å². The largest absolute Gasteiger partial charge is 0.497 e. The molecule has 24 heavy (non-hydrogen) atoms. The van der Waals surface area contributed by atoms with Crippen LogP contribution in [0.2, 0.25) is 0 Å². The number of methoxy groups -OCH3 is 2. The molecule has 0 radical (unpaired) electrons. The van der Waals surface area contributed by atoms with Gasteiger partial charge in [-0.15, -0.1) is 5.10 Å². The van der Waals surface area contributed by atoms with Gasteiger partial charge in [-0.05, 0) is 17.7 Å². The highest BCUT2D eigenvalue weighted by Crippen LogP contribution is 2.15. The van der Waals surface area contributed by atoms with E-state index in [0.717, 1.165) is 11.8 Å². The first-order valence-electron chi connectivity index (χ1n) is 6.82. The Bertz CT molecular complexity index is 814. The van der Waals surface area contributed by atoms with E-state index in [1.54, 1.807) is 19.2 Å². The van der Waals surface area contributed by atoms with E-state index in [9.17, 15) is 13.2 Å². The molecule has 0 aliphatic rings. The van der Waals surface area contributed by atoms with Gasteiger partial charge in [0.05, 0.1) is 27.0 Å². The maximum atomic E-state index is 11.7. The van der Waals surface area contributed by atoms with Crippen LogP contribution in [-0.2, 0) is 32.2 Å². The van der Waals surface area contributed by atoms with Crippen molar-refractivity contribution in [3.8, 4) is 5.75 Å². The van der Waals surface area contributed by atoms with Gasteiger partial charge < -0.3 is 9.47 Å². The average molecular weight is 355 g/mol. The summed E-state index contributed by atoms with van der Waals surface area (Å²) in [6.07, 6.45) is 0.919. The second-order valence-electron chi connectivity index (χ2n) is 4.85. The summed E-state index contributed by atoms with van der Waals surface area (Å²) >= 11 is 0. The zero-order valence-electron chi connectivity index (χ0n) is 13.4. The summed E-state index contributed by atoms with van der Waals surface area (Å²) in [6, 6.07) is 7.19. The van der Waals surface area contributed by atoms with Crippen LogP contribution in [0.4, 0.5) is 0 Å². The predicted molar refractivity (Wildman–Crippen MR) is 83.1 cm³/mol. The third-order valence-electron chi connectivity index (χ3n) is 3.12. The standard InChI is InChI=1S/C14H17N3O6S/c1-21-11-6-4-10(5-7-11)8-17-12(9-23-24(3,19)20)13(15-16-17)14(18)22-2/h4-7H,8-9H2,1-3H3. The third-order valence-corrected chi connectivity index (χ3v) is 3.66. The molecule has 1 aromatic carbocycles. The summed E-state index contributed by atoms with van der Waals surface area (Å²) in [4.78, 5) is 11.7. The first-order chi connectivity index (χ1) is 11.3. The van der Waals surface area contributed by atoms with Crippen LogP contribution in [0.5, 0.6) is 5.75 Å². The van der Waals surface area contributed by atoms with Crippen LogP contribution in [0.15, 0.2) is 24.3 Å².